The third kappa shape index (κ3) is 4.89. The molecular weight excluding hydrogens is 322 g/mol. The zero-order chi connectivity index (χ0) is 17.7. The molecule has 0 saturated carbocycles. The number of benzene rings is 1. The Morgan fingerprint density at radius 2 is 1.88 bits per heavy atom. The minimum Gasteiger partial charge on any atom is -0.355 e. The molecule has 0 atom stereocenters. The molecule has 0 fully saturated rings. The largest absolute Gasteiger partial charge is 0.355 e. The van der Waals surface area contributed by atoms with Crippen molar-refractivity contribution in [2.45, 2.75) is 40.5 Å². The van der Waals surface area contributed by atoms with Crippen molar-refractivity contribution in [2.75, 3.05) is 11.9 Å². The first-order chi connectivity index (χ1) is 11.4. The van der Waals surface area contributed by atoms with Crippen LogP contribution in [0, 0.1) is 27.7 Å². The minimum absolute atomic E-state index is 0.177. The molecule has 0 radical (unpaired) electrons. The number of nitrogens with zero attached hydrogens (tertiary/aromatic N) is 1. The Hall–Kier alpha value is -2.21. The molecule has 2 N–H and O–H groups in total. The molecule has 128 valence electrons. The lowest BCUT2D eigenvalue weighted by Crippen LogP contribution is -2.29. The molecule has 6 heteroatoms. The third-order valence-electron chi connectivity index (χ3n) is 3.93. The van der Waals surface area contributed by atoms with Crippen molar-refractivity contribution >= 4 is 28.8 Å². The summed E-state index contributed by atoms with van der Waals surface area (Å²) in [5, 5.41) is 6.56. The number of rotatable bonds is 6. The van der Waals surface area contributed by atoms with E-state index in [2.05, 4.69) is 15.6 Å². The van der Waals surface area contributed by atoms with Crippen LogP contribution in [0.5, 0.6) is 0 Å². The number of nitrogens with one attached hydrogen (secondary N) is 2. The summed E-state index contributed by atoms with van der Waals surface area (Å²) in [6.45, 7) is 8.43. The predicted molar refractivity (Wildman–Crippen MR) is 97.5 cm³/mol. The molecule has 0 spiro atoms. The van der Waals surface area contributed by atoms with Gasteiger partial charge in [-0.05, 0) is 44.9 Å². The zero-order valence-electron chi connectivity index (χ0n) is 14.5. The quantitative estimate of drug-likeness (QED) is 0.791. The molecule has 2 aromatic rings. The van der Waals surface area contributed by atoms with Crippen LogP contribution < -0.4 is 10.6 Å². The van der Waals surface area contributed by atoms with E-state index in [-0.39, 0.29) is 18.2 Å². The maximum atomic E-state index is 12.0. The molecule has 0 unspecified atom stereocenters. The van der Waals surface area contributed by atoms with Gasteiger partial charge in [0.1, 0.15) is 6.42 Å². The van der Waals surface area contributed by atoms with Crippen LogP contribution >= 0.6 is 11.3 Å². The molecule has 0 aliphatic carbocycles. The van der Waals surface area contributed by atoms with Crippen LogP contribution in [-0.4, -0.2) is 23.3 Å². The van der Waals surface area contributed by atoms with Gasteiger partial charge in [-0.15, -0.1) is 11.3 Å². The summed E-state index contributed by atoms with van der Waals surface area (Å²) in [5.74, 6) is -0.579. The molecule has 0 bridgehead atoms. The van der Waals surface area contributed by atoms with E-state index in [9.17, 15) is 9.59 Å². The van der Waals surface area contributed by atoms with Crippen LogP contribution in [0.25, 0.3) is 0 Å². The minimum atomic E-state index is -0.304. The van der Waals surface area contributed by atoms with Crippen molar-refractivity contribution < 1.29 is 9.59 Å². The van der Waals surface area contributed by atoms with Crippen molar-refractivity contribution in [1.82, 2.24) is 10.3 Å². The molecule has 24 heavy (non-hydrogen) atoms. The van der Waals surface area contributed by atoms with E-state index >= 15 is 0 Å². The first-order valence-electron chi connectivity index (χ1n) is 7.92. The number of amides is 2. The normalized spacial score (nSPS) is 10.5. The Bertz CT molecular complexity index is 733. The van der Waals surface area contributed by atoms with Crippen molar-refractivity contribution in [2.24, 2.45) is 0 Å². The SMILES string of the molecule is Cc1cccc(NC(=O)CC(=O)NCCc2nc(C)c(C)s2)c1C. The van der Waals surface area contributed by atoms with Crippen LogP contribution in [0.1, 0.15) is 33.1 Å². The fraction of sp³-hybridized carbons (Fsp3) is 0.389. The van der Waals surface area contributed by atoms with Crippen molar-refractivity contribution in [3.8, 4) is 0 Å². The standard InChI is InChI=1S/C18H23N3O2S/c1-11-6-5-7-15(12(11)2)21-17(23)10-16(22)19-9-8-18-20-13(3)14(4)24-18/h5-7H,8-10H2,1-4H3,(H,19,22)(H,21,23). The van der Waals surface area contributed by atoms with Gasteiger partial charge in [-0.3, -0.25) is 9.59 Å². The van der Waals surface area contributed by atoms with E-state index in [0.29, 0.717) is 13.0 Å². The van der Waals surface area contributed by atoms with Crippen LogP contribution in [0.3, 0.4) is 0 Å². The van der Waals surface area contributed by atoms with Gasteiger partial charge in [0.25, 0.3) is 0 Å². The molecule has 1 aromatic heterocycles. The highest BCUT2D eigenvalue weighted by atomic mass is 32.1. The number of hydrogen-bond donors (Lipinski definition) is 2. The summed E-state index contributed by atoms with van der Waals surface area (Å²) in [7, 11) is 0. The van der Waals surface area contributed by atoms with E-state index in [0.717, 1.165) is 27.5 Å². The molecule has 1 heterocycles. The van der Waals surface area contributed by atoms with E-state index in [4.69, 9.17) is 0 Å². The number of hydrogen-bond acceptors (Lipinski definition) is 4. The Kier molecular flexibility index (Phi) is 6.09. The maximum absolute atomic E-state index is 12.0. The van der Waals surface area contributed by atoms with Crippen molar-refractivity contribution in [3.05, 3.63) is 44.9 Å². The van der Waals surface area contributed by atoms with Gasteiger partial charge < -0.3 is 10.6 Å². The number of aromatic nitrogens is 1. The topological polar surface area (TPSA) is 71.1 Å². The van der Waals surface area contributed by atoms with Crippen LogP contribution in [0.4, 0.5) is 5.69 Å². The average Bonchev–Trinajstić information content (AvgIpc) is 2.82. The summed E-state index contributed by atoms with van der Waals surface area (Å²) in [5.41, 5.74) is 3.91. The number of anilines is 1. The molecule has 2 rings (SSSR count). The van der Waals surface area contributed by atoms with Gasteiger partial charge in [0, 0.05) is 23.5 Å². The maximum Gasteiger partial charge on any atom is 0.233 e. The molecule has 2 amide bonds. The monoisotopic (exact) mass is 345 g/mol. The lowest BCUT2D eigenvalue weighted by molar-refractivity contribution is -0.126. The van der Waals surface area contributed by atoms with Gasteiger partial charge in [0.15, 0.2) is 0 Å². The van der Waals surface area contributed by atoms with Gasteiger partial charge >= 0.3 is 0 Å². The highest BCUT2D eigenvalue weighted by Crippen LogP contribution is 2.18. The first kappa shape index (κ1) is 18.1. The number of aryl methyl sites for hydroxylation is 3. The van der Waals surface area contributed by atoms with E-state index in [1.807, 2.05) is 45.9 Å². The fourth-order valence-corrected chi connectivity index (χ4v) is 3.18. The number of carbonyl (C=O) groups excluding carboxylic acids is 2. The summed E-state index contributed by atoms with van der Waals surface area (Å²) < 4.78 is 0. The Labute approximate surface area is 146 Å². The second kappa shape index (κ2) is 8.06. The zero-order valence-corrected chi connectivity index (χ0v) is 15.3. The van der Waals surface area contributed by atoms with Gasteiger partial charge in [0.2, 0.25) is 11.8 Å². The number of thiazole rings is 1. The lowest BCUT2D eigenvalue weighted by atomic mass is 10.1. The summed E-state index contributed by atoms with van der Waals surface area (Å²) >= 11 is 1.64. The van der Waals surface area contributed by atoms with Gasteiger partial charge in [0.05, 0.1) is 10.7 Å². The highest BCUT2D eigenvalue weighted by Gasteiger charge is 2.11. The Morgan fingerprint density at radius 3 is 2.54 bits per heavy atom. The fourth-order valence-electron chi connectivity index (χ4n) is 2.24. The molecule has 1 aromatic carbocycles. The van der Waals surface area contributed by atoms with Crippen LogP contribution in [0.2, 0.25) is 0 Å². The smallest absolute Gasteiger partial charge is 0.233 e. The predicted octanol–water partition coefficient (Wildman–Crippen LogP) is 3.06. The highest BCUT2D eigenvalue weighted by molar-refractivity contribution is 7.11. The van der Waals surface area contributed by atoms with E-state index in [1.54, 1.807) is 11.3 Å². The van der Waals surface area contributed by atoms with E-state index in [1.165, 1.54) is 4.88 Å². The van der Waals surface area contributed by atoms with Gasteiger partial charge in [-0.1, -0.05) is 12.1 Å². The van der Waals surface area contributed by atoms with Gasteiger partial charge in [-0.25, -0.2) is 4.98 Å². The van der Waals surface area contributed by atoms with E-state index < -0.39 is 0 Å². The molecule has 0 saturated heterocycles. The van der Waals surface area contributed by atoms with Crippen LogP contribution in [0.15, 0.2) is 18.2 Å². The Balaban J connectivity index is 1.77. The molecule has 5 nitrogen and oxygen atoms in total. The molecule has 0 aliphatic heterocycles. The Morgan fingerprint density at radius 1 is 1.12 bits per heavy atom. The lowest BCUT2D eigenvalue weighted by Gasteiger charge is -2.10. The summed E-state index contributed by atoms with van der Waals surface area (Å²) in [4.78, 5) is 29.5. The molecule has 0 aliphatic rings. The summed E-state index contributed by atoms with van der Waals surface area (Å²) in [6, 6.07) is 5.71. The average molecular weight is 345 g/mol. The second-order valence-corrected chi connectivity index (χ2v) is 7.11. The first-order valence-corrected chi connectivity index (χ1v) is 8.74. The second-order valence-electron chi connectivity index (χ2n) is 5.82. The third-order valence-corrected chi connectivity index (χ3v) is 5.07. The van der Waals surface area contributed by atoms with Gasteiger partial charge in [-0.2, -0.15) is 0 Å². The molecular formula is C18H23N3O2S. The van der Waals surface area contributed by atoms with Crippen molar-refractivity contribution in [3.63, 3.8) is 0 Å². The van der Waals surface area contributed by atoms with Crippen molar-refractivity contribution in [1.29, 1.82) is 0 Å². The number of carbonyl (C=O) groups is 2. The van der Waals surface area contributed by atoms with Crippen LogP contribution in [-0.2, 0) is 16.0 Å². The summed E-state index contributed by atoms with van der Waals surface area (Å²) in [6.07, 6.45) is 0.507.